The van der Waals surface area contributed by atoms with Gasteiger partial charge in [-0.2, -0.15) is 0 Å². The molecule has 1 unspecified atom stereocenters. The minimum Gasteiger partial charge on any atom is -0.504 e. The second kappa shape index (κ2) is 6.61. The average Bonchev–Trinajstić information content (AvgIpc) is 3.23. The third-order valence-electron chi connectivity index (χ3n) is 3.25. The van der Waals surface area contributed by atoms with Crippen molar-refractivity contribution in [2.45, 2.75) is 45.3 Å². The van der Waals surface area contributed by atoms with Crippen LogP contribution in [-0.2, 0) is 11.3 Å². The van der Waals surface area contributed by atoms with Gasteiger partial charge >= 0.3 is 0 Å². The third kappa shape index (κ3) is 4.13. The van der Waals surface area contributed by atoms with Crippen molar-refractivity contribution in [2.75, 3.05) is 6.61 Å². The molecule has 1 aliphatic rings. The van der Waals surface area contributed by atoms with Crippen LogP contribution in [0.5, 0.6) is 11.5 Å². The van der Waals surface area contributed by atoms with Gasteiger partial charge in [0, 0.05) is 12.6 Å². The summed E-state index contributed by atoms with van der Waals surface area (Å²) >= 11 is 0. The first-order chi connectivity index (χ1) is 9.60. The van der Waals surface area contributed by atoms with Crippen LogP contribution >= 0.6 is 0 Å². The summed E-state index contributed by atoms with van der Waals surface area (Å²) in [5.41, 5.74) is 0.970. The lowest BCUT2D eigenvalue weighted by Gasteiger charge is -2.14. The molecule has 0 radical (unpaired) electrons. The fourth-order valence-electron chi connectivity index (χ4n) is 1.86. The van der Waals surface area contributed by atoms with Crippen molar-refractivity contribution in [1.82, 2.24) is 10.6 Å². The number of phenols is 1. The average molecular weight is 278 g/mol. The number of benzene rings is 1. The summed E-state index contributed by atoms with van der Waals surface area (Å²) in [6.45, 7) is 4.78. The van der Waals surface area contributed by atoms with Crippen molar-refractivity contribution in [1.29, 1.82) is 0 Å². The van der Waals surface area contributed by atoms with E-state index in [1.165, 1.54) is 0 Å². The third-order valence-corrected chi connectivity index (χ3v) is 3.25. The Morgan fingerprint density at radius 1 is 1.50 bits per heavy atom. The van der Waals surface area contributed by atoms with Crippen molar-refractivity contribution in [3.05, 3.63) is 23.8 Å². The quantitative estimate of drug-likeness (QED) is 0.707. The monoisotopic (exact) mass is 278 g/mol. The first-order valence-electron chi connectivity index (χ1n) is 7.08. The molecule has 0 bridgehead atoms. The summed E-state index contributed by atoms with van der Waals surface area (Å²) in [7, 11) is 0. The number of hydrogen-bond acceptors (Lipinski definition) is 4. The second-order valence-corrected chi connectivity index (χ2v) is 5.12. The van der Waals surface area contributed by atoms with Gasteiger partial charge in [-0.05, 0) is 44.4 Å². The molecular weight excluding hydrogens is 256 g/mol. The van der Waals surface area contributed by atoms with Crippen LogP contribution in [0, 0.1) is 0 Å². The van der Waals surface area contributed by atoms with Crippen LogP contribution < -0.4 is 15.4 Å². The highest BCUT2D eigenvalue weighted by atomic mass is 16.5. The van der Waals surface area contributed by atoms with Crippen molar-refractivity contribution >= 4 is 5.91 Å². The van der Waals surface area contributed by atoms with E-state index in [4.69, 9.17) is 4.74 Å². The molecule has 0 saturated heterocycles. The number of carbonyl (C=O) groups excluding carboxylic acids is 1. The molecule has 1 aromatic carbocycles. The summed E-state index contributed by atoms with van der Waals surface area (Å²) in [5, 5.41) is 15.8. The predicted molar refractivity (Wildman–Crippen MR) is 76.7 cm³/mol. The molecule has 0 aromatic heterocycles. The fraction of sp³-hybridized carbons (Fsp3) is 0.533. The minimum absolute atomic E-state index is 0.0383. The summed E-state index contributed by atoms with van der Waals surface area (Å²) in [6, 6.07) is 5.36. The maximum atomic E-state index is 11.8. The number of nitrogens with one attached hydrogen (secondary N) is 2. The van der Waals surface area contributed by atoms with E-state index >= 15 is 0 Å². The van der Waals surface area contributed by atoms with E-state index in [2.05, 4.69) is 10.6 Å². The van der Waals surface area contributed by atoms with E-state index < -0.39 is 0 Å². The molecule has 2 rings (SSSR count). The van der Waals surface area contributed by atoms with E-state index in [9.17, 15) is 9.90 Å². The van der Waals surface area contributed by atoms with Crippen LogP contribution in [0.1, 0.15) is 32.3 Å². The van der Waals surface area contributed by atoms with Crippen LogP contribution in [0.25, 0.3) is 0 Å². The largest absolute Gasteiger partial charge is 0.504 e. The summed E-state index contributed by atoms with van der Waals surface area (Å²) in [5.74, 6) is 0.647. The van der Waals surface area contributed by atoms with Gasteiger partial charge in [0.05, 0.1) is 12.6 Å². The van der Waals surface area contributed by atoms with Crippen molar-refractivity contribution in [3.8, 4) is 11.5 Å². The fourth-order valence-corrected chi connectivity index (χ4v) is 1.86. The van der Waals surface area contributed by atoms with Crippen molar-refractivity contribution in [2.24, 2.45) is 0 Å². The van der Waals surface area contributed by atoms with E-state index in [1.807, 2.05) is 19.9 Å². The number of carbonyl (C=O) groups is 1. The highest BCUT2D eigenvalue weighted by Gasteiger charge is 2.25. The van der Waals surface area contributed by atoms with Gasteiger partial charge in [0.1, 0.15) is 0 Å². The lowest BCUT2D eigenvalue weighted by atomic mass is 10.2. The number of phenolic OH excluding ortho intramolecular Hbond substituents is 1. The molecule has 5 nitrogen and oxygen atoms in total. The summed E-state index contributed by atoms with van der Waals surface area (Å²) < 4.78 is 5.34. The topological polar surface area (TPSA) is 70.6 Å². The molecule has 110 valence electrons. The minimum atomic E-state index is -0.236. The van der Waals surface area contributed by atoms with Crippen molar-refractivity contribution < 1.29 is 14.6 Å². The van der Waals surface area contributed by atoms with Gasteiger partial charge in [0.2, 0.25) is 5.91 Å². The van der Waals surface area contributed by atoms with Gasteiger partial charge in [-0.3, -0.25) is 4.79 Å². The van der Waals surface area contributed by atoms with Crippen LogP contribution in [0.2, 0.25) is 0 Å². The van der Waals surface area contributed by atoms with Gasteiger partial charge in [0.25, 0.3) is 0 Å². The highest BCUT2D eigenvalue weighted by molar-refractivity contribution is 5.81. The molecule has 0 heterocycles. The van der Waals surface area contributed by atoms with E-state index in [1.54, 1.807) is 12.1 Å². The first-order valence-corrected chi connectivity index (χ1v) is 7.08. The van der Waals surface area contributed by atoms with Crippen LogP contribution in [0.3, 0.4) is 0 Å². The number of ether oxygens (including phenoxy) is 1. The maximum absolute atomic E-state index is 11.8. The Kier molecular flexibility index (Phi) is 4.84. The normalized spacial score (nSPS) is 15.7. The molecule has 1 atom stereocenters. The van der Waals surface area contributed by atoms with Gasteiger partial charge < -0.3 is 20.5 Å². The Hall–Kier alpha value is -1.75. The van der Waals surface area contributed by atoms with E-state index in [0.717, 1.165) is 18.4 Å². The van der Waals surface area contributed by atoms with E-state index in [0.29, 0.717) is 24.9 Å². The number of amides is 1. The Bertz CT molecular complexity index is 472. The lowest BCUT2D eigenvalue weighted by molar-refractivity contribution is -0.122. The van der Waals surface area contributed by atoms with Crippen LogP contribution in [0.15, 0.2) is 18.2 Å². The molecule has 1 aliphatic carbocycles. The Labute approximate surface area is 119 Å². The molecule has 1 saturated carbocycles. The van der Waals surface area contributed by atoms with Crippen LogP contribution in [0.4, 0.5) is 0 Å². The molecule has 0 aliphatic heterocycles. The summed E-state index contributed by atoms with van der Waals surface area (Å²) in [4.78, 5) is 11.8. The molecule has 1 aromatic rings. The van der Waals surface area contributed by atoms with Crippen LogP contribution in [-0.4, -0.2) is 29.7 Å². The Balaban J connectivity index is 1.86. The number of hydrogen-bond donors (Lipinski definition) is 3. The van der Waals surface area contributed by atoms with Gasteiger partial charge in [-0.1, -0.05) is 6.07 Å². The summed E-state index contributed by atoms with van der Waals surface area (Å²) in [6.07, 6.45) is 2.18. The molecule has 0 spiro atoms. The first kappa shape index (κ1) is 14.7. The predicted octanol–water partition coefficient (Wildman–Crippen LogP) is 1.55. The Morgan fingerprint density at radius 2 is 2.25 bits per heavy atom. The molecule has 5 heteroatoms. The zero-order valence-corrected chi connectivity index (χ0v) is 12.0. The lowest BCUT2D eigenvalue weighted by Crippen LogP contribution is -2.42. The number of rotatable bonds is 7. The van der Waals surface area contributed by atoms with Gasteiger partial charge in [-0.25, -0.2) is 0 Å². The molecular formula is C15H22N2O3. The SMILES string of the molecule is CCOc1cc(CNC(C)C(=O)NC2CC2)ccc1O. The van der Waals surface area contributed by atoms with E-state index in [-0.39, 0.29) is 17.7 Å². The van der Waals surface area contributed by atoms with Gasteiger partial charge in [-0.15, -0.1) is 0 Å². The number of aromatic hydroxyl groups is 1. The zero-order chi connectivity index (χ0) is 14.5. The molecule has 1 amide bonds. The zero-order valence-electron chi connectivity index (χ0n) is 12.0. The Morgan fingerprint density at radius 3 is 2.90 bits per heavy atom. The second-order valence-electron chi connectivity index (χ2n) is 5.12. The molecule has 3 N–H and O–H groups in total. The highest BCUT2D eigenvalue weighted by Crippen LogP contribution is 2.26. The molecule has 20 heavy (non-hydrogen) atoms. The molecule has 1 fully saturated rings. The maximum Gasteiger partial charge on any atom is 0.237 e. The standard InChI is InChI=1S/C15H22N2O3/c1-3-20-14-8-11(4-7-13(14)18)9-16-10(2)15(19)17-12-5-6-12/h4,7-8,10,12,16,18H,3,5-6,9H2,1-2H3,(H,17,19). The van der Waals surface area contributed by atoms with Crippen molar-refractivity contribution in [3.63, 3.8) is 0 Å². The smallest absolute Gasteiger partial charge is 0.237 e. The van der Waals surface area contributed by atoms with Gasteiger partial charge in [0.15, 0.2) is 11.5 Å².